The van der Waals surface area contributed by atoms with E-state index >= 15 is 0 Å². The lowest BCUT2D eigenvalue weighted by molar-refractivity contribution is -0.140. The summed E-state index contributed by atoms with van der Waals surface area (Å²) in [6.45, 7) is -0.360. The molecule has 0 unspecified atom stereocenters. The fourth-order valence-corrected chi connectivity index (χ4v) is 3.97. The molecule has 16 nitrogen and oxygen atoms in total. The Morgan fingerprint density at radius 3 is 0.878 bits per heavy atom. The van der Waals surface area contributed by atoms with Crippen molar-refractivity contribution in [1.82, 2.24) is 0 Å². The monoisotopic (exact) mass is 688 g/mol. The number of rotatable bonds is 24. The molecule has 0 amide bonds. The molecule has 0 aromatic carbocycles. The lowest BCUT2D eigenvalue weighted by Crippen LogP contribution is -2.42. The lowest BCUT2D eigenvalue weighted by atomic mass is 9.92. The minimum Gasteiger partial charge on any atom is -0.434 e. The Labute approximate surface area is 280 Å². The summed E-state index contributed by atoms with van der Waals surface area (Å²) >= 11 is 0. The quantitative estimate of drug-likeness (QED) is 0.0742. The molecule has 0 saturated carbocycles. The maximum Gasteiger partial charge on any atom is 0.315 e. The molecule has 4 heterocycles. The van der Waals surface area contributed by atoms with E-state index in [2.05, 4.69) is 0 Å². The Morgan fingerprint density at radius 1 is 0.429 bits per heavy atom. The van der Waals surface area contributed by atoms with E-state index in [1.165, 1.54) is 49.3 Å². The van der Waals surface area contributed by atoms with Crippen LogP contribution in [0, 0.1) is 5.41 Å². The van der Waals surface area contributed by atoms with Gasteiger partial charge in [0, 0.05) is 24.3 Å². The molecular formula is C33H36O16. The first-order chi connectivity index (χ1) is 23.9. The maximum absolute atomic E-state index is 12.2. The molecule has 0 N–H and O–H groups in total. The van der Waals surface area contributed by atoms with Gasteiger partial charge in [-0.05, 0) is 24.3 Å². The van der Waals surface area contributed by atoms with Crippen molar-refractivity contribution in [2.24, 2.45) is 5.41 Å². The van der Waals surface area contributed by atoms with Gasteiger partial charge < -0.3 is 55.6 Å². The third-order valence-electron chi connectivity index (χ3n) is 6.27. The highest BCUT2D eigenvalue weighted by Gasteiger charge is 2.33. The minimum atomic E-state index is -1.04. The Hall–Kier alpha value is -5.16. The van der Waals surface area contributed by atoms with Gasteiger partial charge in [0.15, 0.2) is 0 Å². The van der Waals surface area contributed by atoms with E-state index in [0.717, 1.165) is 0 Å². The van der Waals surface area contributed by atoms with Crippen LogP contribution in [0.15, 0.2) is 91.3 Å². The fraction of sp³-hybridized carbons (Fsp3) is 0.394. The van der Waals surface area contributed by atoms with Crippen molar-refractivity contribution in [1.29, 1.82) is 0 Å². The molecule has 0 saturated heterocycles. The predicted molar refractivity (Wildman–Crippen MR) is 162 cm³/mol. The van der Waals surface area contributed by atoms with Gasteiger partial charge in [0.05, 0.1) is 109 Å². The average Bonchev–Trinajstić information content (AvgIpc) is 3.92. The molecule has 4 aromatic heterocycles. The van der Waals surface area contributed by atoms with E-state index in [9.17, 15) is 19.2 Å². The van der Waals surface area contributed by atoms with Gasteiger partial charge in [-0.1, -0.05) is 0 Å². The maximum atomic E-state index is 12.2. The number of ether oxygens (including phenoxy) is 8. The van der Waals surface area contributed by atoms with Gasteiger partial charge in [-0.3, -0.25) is 19.2 Å². The summed E-state index contributed by atoms with van der Waals surface area (Å²) in [5, 5.41) is 0. The molecule has 0 atom stereocenters. The summed E-state index contributed by atoms with van der Waals surface area (Å²) in [5.41, 5.74) is -1.04. The zero-order valence-corrected chi connectivity index (χ0v) is 26.4. The van der Waals surface area contributed by atoms with Crippen LogP contribution in [0.3, 0.4) is 0 Å². The van der Waals surface area contributed by atoms with E-state index in [0.29, 0.717) is 0 Å². The first-order valence-corrected chi connectivity index (χ1v) is 15.2. The summed E-state index contributed by atoms with van der Waals surface area (Å²) in [6, 6.07) is 12.3. The van der Waals surface area contributed by atoms with Crippen molar-refractivity contribution in [3.05, 3.63) is 73.6 Å². The van der Waals surface area contributed by atoms with Crippen LogP contribution in [0.1, 0.15) is 25.7 Å². The van der Waals surface area contributed by atoms with Gasteiger partial charge in [0.25, 0.3) is 23.8 Å². The first-order valence-electron chi connectivity index (χ1n) is 15.2. The van der Waals surface area contributed by atoms with E-state index in [4.69, 9.17) is 55.6 Å². The average molecular weight is 689 g/mol. The van der Waals surface area contributed by atoms with Crippen LogP contribution < -0.4 is 18.9 Å². The van der Waals surface area contributed by atoms with Crippen LogP contribution in [0.4, 0.5) is 0 Å². The summed E-state index contributed by atoms with van der Waals surface area (Å²) in [7, 11) is 0. The second-order valence-corrected chi connectivity index (χ2v) is 10.3. The van der Waals surface area contributed by atoms with Crippen molar-refractivity contribution in [2.75, 3.05) is 52.9 Å². The van der Waals surface area contributed by atoms with Gasteiger partial charge >= 0.3 is 23.9 Å². The van der Waals surface area contributed by atoms with Crippen LogP contribution in [0.25, 0.3) is 0 Å². The SMILES string of the molecule is O=C(CCOCC(COCCC(=O)Oc1ccco1)(COCCC(=O)Oc1ccco1)COCCC(=O)Oc1ccco1)Oc1ccco1. The number of carbonyl (C=O) groups is 4. The Bertz CT molecular complexity index is 1260. The first kappa shape index (κ1) is 36.7. The van der Waals surface area contributed by atoms with Crippen LogP contribution in [0.2, 0.25) is 0 Å². The van der Waals surface area contributed by atoms with Gasteiger partial charge in [-0.25, -0.2) is 0 Å². The summed E-state index contributed by atoms with van der Waals surface area (Å²) < 4.78 is 63.9. The summed E-state index contributed by atoms with van der Waals surface area (Å²) in [4.78, 5) is 48.9. The van der Waals surface area contributed by atoms with E-state index < -0.39 is 29.3 Å². The van der Waals surface area contributed by atoms with Crippen molar-refractivity contribution in [2.45, 2.75) is 25.7 Å². The highest BCUT2D eigenvalue weighted by Crippen LogP contribution is 2.22. The number of carbonyl (C=O) groups excluding carboxylic acids is 4. The van der Waals surface area contributed by atoms with E-state index in [-0.39, 0.29) is 102 Å². The minimum absolute atomic E-state index is 0.0400. The fourth-order valence-electron chi connectivity index (χ4n) is 3.97. The van der Waals surface area contributed by atoms with Crippen LogP contribution in [-0.2, 0) is 38.1 Å². The topological polar surface area (TPSA) is 195 Å². The standard InChI is InChI=1S/C33H36O16/c34-25(46-29-5-1-13-42-29)9-17-38-21-33(22-39-18-10-26(35)47-30-6-2-14-43-30,23-40-19-11-27(36)48-31-7-3-15-44-31)24-41-20-12-28(37)49-32-8-4-16-45-32/h1-8,13-16H,9-12,17-24H2. The molecular weight excluding hydrogens is 652 g/mol. The Morgan fingerprint density at radius 2 is 0.673 bits per heavy atom. The molecule has 4 rings (SSSR count). The van der Waals surface area contributed by atoms with Gasteiger partial charge in [0.2, 0.25) is 0 Å². The molecule has 0 aliphatic heterocycles. The second kappa shape index (κ2) is 20.3. The van der Waals surface area contributed by atoms with E-state index in [1.54, 1.807) is 24.3 Å². The third kappa shape index (κ3) is 14.2. The van der Waals surface area contributed by atoms with Crippen LogP contribution >= 0.6 is 0 Å². The zero-order valence-electron chi connectivity index (χ0n) is 26.4. The van der Waals surface area contributed by atoms with Crippen molar-refractivity contribution in [3.8, 4) is 23.8 Å². The summed E-state index contributed by atoms with van der Waals surface area (Å²) in [6.07, 6.45) is 5.08. The molecule has 0 aliphatic rings. The van der Waals surface area contributed by atoms with E-state index in [1.807, 2.05) is 0 Å². The van der Waals surface area contributed by atoms with Gasteiger partial charge in [-0.2, -0.15) is 0 Å². The lowest BCUT2D eigenvalue weighted by Gasteiger charge is -2.33. The molecule has 49 heavy (non-hydrogen) atoms. The molecule has 0 aliphatic carbocycles. The highest BCUT2D eigenvalue weighted by atomic mass is 16.6. The Kier molecular flexibility index (Phi) is 15.2. The summed E-state index contributed by atoms with van der Waals surface area (Å²) in [5.74, 6) is -2.11. The molecule has 16 heteroatoms. The van der Waals surface area contributed by atoms with Crippen molar-refractivity contribution < 1.29 is 74.7 Å². The van der Waals surface area contributed by atoms with Crippen LogP contribution in [-0.4, -0.2) is 76.7 Å². The zero-order chi connectivity index (χ0) is 34.6. The number of hydrogen-bond acceptors (Lipinski definition) is 16. The molecule has 0 spiro atoms. The third-order valence-corrected chi connectivity index (χ3v) is 6.27. The second-order valence-electron chi connectivity index (χ2n) is 10.3. The van der Waals surface area contributed by atoms with Gasteiger partial charge in [0.1, 0.15) is 0 Å². The number of esters is 4. The molecule has 0 fully saturated rings. The highest BCUT2D eigenvalue weighted by molar-refractivity contribution is 5.73. The van der Waals surface area contributed by atoms with Gasteiger partial charge in [-0.15, -0.1) is 0 Å². The van der Waals surface area contributed by atoms with Crippen molar-refractivity contribution >= 4 is 23.9 Å². The molecule has 0 bridgehead atoms. The smallest absolute Gasteiger partial charge is 0.315 e. The Balaban J connectivity index is 1.33. The largest absolute Gasteiger partial charge is 0.434 e. The molecule has 4 aromatic rings. The predicted octanol–water partition coefficient (Wildman–Crippen LogP) is 4.39. The number of hydrogen-bond donors (Lipinski definition) is 0. The normalized spacial score (nSPS) is 11.3. The molecule has 0 radical (unpaired) electrons. The number of furan rings is 4. The van der Waals surface area contributed by atoms with Crippen molar-refractivity contribution in [3.63, 3.8) is 0 Å². The molecule has 264 valence electrons. The van der Waals surface area contributed by atoms with Crippen LogP contribution in [0.5, 0.6) is 23.8 Å².